The first-order chi connectivity index (χ1) is 8.88. The van der Waals surface area contributed by atoms with Crippen LogP contribution in [0.3, 0.4) is 0 Å². The molecular weight excluding hydrogens is 226 g/mol. The van der Waals surface area contributed by atoms with E-state index < -0.39 is 0 Å². The van der Waals surface area contributed by atoms with Crippen LogP contribution >= 0.6 is 0 Å². The molecule has 0 bridgehead atoms. The van der Waals surface area contributed by atoms with Gasteiger partial charge in [0.2, 0.25) is 0 Å². The molecule has 2 rings (SSSR count). The Bertz CT molecular complexity index is 408. The molecule has 0 radical (unpaired) electrons. The van der Waals surface area contributed by atoms with Crippen molar-refractivity contribution in [2.24, 2.45) is 0 Å². The molecule has 96 valence electrons. The van der Waals surface area contributed by atoms with Crippen molar-refractivity contribution in [1.29, 1.82) is 5.26 Å². The highest BCUT2D eigenvalue weighted by molar-refractivity contribution is 5.25. The van der Waals surface area contributed by atoms with Crippen LogP contribution < -0.4 is 5.32 Å². The minimum Gasteiger partial charge on any atom is -0.378 e. The van der Waals surface area contributed by atoms with E-state index in [0.29, 0.717) is 11.8 Å². The molecule has 4 heteroatoms. The van der Waals surface area contributed by atoms with Gasteiger partial charge in [0.1, 0.15) is 11.8 Å². The molecule has 1 unspecified atom stereocenters. The van der Waals surface area contributed by atoms with Crippen molar-refractivity contribution < 1.29 is 4.74 Å². The fourth-order valence-electron chi connectivity index (χ4n) is 2.18. The van der Waals surface area contributed by atoms with Crippen LogP contribution in [-0.2, 0) is 11.3 Å². The molecule has 0 aliphatic carbocycles. The number of hydrogen-bond acceptors (Lipinski definition) is 4. The summed E-state index contributed by atoms with van der Waals surface area (Å²) in [6.45, 7) is 2.65. The summed E-state index contributed by atoms with van der Waals surface area (Å²) in [6, 6.07) is 5.81. The SMILES string of the molecule is N#Cc1cc(CNCCC2CCCCO2)ccn1. The highest BCUT2D eigenvalue weighted by Crippen LogP contribution is 2.14. The van der Waals surface area contributed by atoms with E-state index in [1.807, 2.05) is 12.1 Å². The Morgan fingerprint density at radius 3 is 3.22 bits per heavy atom. The summed E-state index contributed by atoms with van der Waals surface area (Å²) in [6.07, 6.45) is 6.86. The van der Waals surface area contributed by atoms with E-state index in [2.05, 4.69) is 16.4 Å². The summed E-state index contributed by atoms with van der Waals surface area (Å²) >= 11 is 0. The number of nitrogens with one attached hydrogen (secondary N) is 1. The van der Waals surface area contributed by atoms with Gasteiger partial charge in [0, 0.05) is 19.3 Å². The van der Waals surface area contributed by atoms with E-state index in [9.17, 15) is 0 Å². The molecule has 1 aromatic heterocycles. The van der Waals surface area contributed by atoms with Gasteiger partial charge in [-0.2, -0.15) is 5.26 Å². The van der Waals surface area contributed by atoms with Crippen LogP contribution in [0.25, 0.3) is 0 Å². The fraction of sp³-hybridized carbons (Fsp3) is 0.571. The number of rotatable bonds is 5. The zero-order chi connectivity index (χ0) is 12.6. The van der Waals surface area contributed by atoms with E-state index in [1.54, 1.807) is 6.20 Å². The van der Waals surface area contributed by atoms with Crippen molar-refractivity contribution in [3.8, 4) is 6.07 Å². The van der Waals surface area contributed by atoms with Gasteiger partial charge < -0.3 is 10.1 Å². The lowest BCUT2D eigenvalue weighted by molar-refractivity contribution is 0.0115. The first-order valence-electron chi connectivity index (χ1n) is 6.56. The van der Waals surface area contributed by atoms with Crippen molar-refractivity contribution in [2.45, 2.75) is 38.3 Å². The Labute approximate surface area is 108 Å². The third-order valence-corrected chi connectivity index (χ3v) is 3.19. The van der Waals surface area contributed by atoms with Gasteiger partial charge >= 0.3 is 0 Å². The van der Waals surface area contributed by atoms with Crippen molar-refractivity contribution in [1.82, 2.24) is 10.3 Å². The van der Waals surface area contributed by atoms with Crippen LogP contribution in [0.15, 0.2) is 18.3 Å². The third-order valence-electron chi connectivity index (χ3n) is 3.19. The van der Waals surface area contributed by atoms with Gasteiger partial charge in [-0.1, -0.05) is 0 Å². The number of aromatic nitrogens is 1. The van der Waals surface area contributed by atoms with Crippen LogP contribution in [0, 0.1) is 11.3 Å². The molecule has 0 spiro atoms. The van der Waals surface area contributed by atoms with Gasteiger partial charge in [0.15, 0.2) is 0 Å². The lowest BCUT2D eigenvalue weighted by Gasteiger charge is -2.22. The predicted molar refractivity (Wildman–Crippen MR) is 68.9 cm³/mol. The van der Waals surface area contributed by atoms with Gasteiger partial charge in [-0.3, -0.25) is 0 Å². The van der Waals surface area contributed by atoms with E-state index >= 15 is 0 Å². The number of ether oxygens (including phenoxy) is 1. The standard InChI is InChI=1S/C14H19N3O/c15-10-13-9-12(4-7-17-13)11-16-6-5-14-3-1-2-8-18-14/h4,7,9,14,16H,1-3,5-6,8,11H2. The second-order valence-electron chi connectivity index (χ2n) is 4.62. The van der Waals surface area contributed by atoms with Crippen LogP contribution in [-0.4, -0.2) is 24.2 Å². The van der Waals surface area contributed by atoms with Crippen molar-refractivity contribution in [3.63, 3.8) is 0 Å². The predicted octanol–water partition coefficient (Wildman–Crippen LogP) is 2.00. The molecule has 1 aromatic rings. The molecule has 2 heterocycles. The zero-order valence-electron chi connectivity index (χ0n) is 10.6. The molecule has 1 atom stereocenters. The molecular formula is C14H19N3O. The van der Waals surface area contributed by atoms with E-state index in [1.165, 1.54) is 19.3 Å². The molecule has 1 aliphatic rings. The molecule has 0 saturated carbocycles. The topological polar surface area (TPSA) is 57.9 Å². The third kappa shape index (κ3) is 4.10. The monoisotopic (exact) mass is 245 g/mol. The lowest BCUT2D eigenvalue weighted by Crippen LogP contribution is -2.25. The van der Waals surface area contributed by atoms with E-state index in [4.69, 9.17) is 10.00 Å². The Morgan fingerprint density at radius 2 is 2.44 bits per heavy atom. The Kier molecular flexibility index (Phi) is 5.13. The second kappa shape index (κ2) is 7.10. The maximum Gasteiger partial charge on any atom is 0.140 e. The Hall–Kier alpha value is -1.44. The molecule has 0 aromatic carbocycles. The summed E-state index contributed by atoms with van der Waals surface area (Å²) in [7, 11) is 0. The average molecular weight is 245 g/mol. The molecule has 1 fully saturated rings. The van der Waals surface area contributed by atoms with Gasteiger partial charge in [-0.05, 0) is 49.9 Å². The fourth-order valence-corrected chi connectivity index (χ4v) is 2.18. The largest absolute Gasteiger partial charge is 0.378 e. The number of nitriles is 1. The maximum absolute atomic E-state index is 8.75. The Balaban J connectivity index is 1.67. The molecule has 0 amide bonds. The second-order valence-corrected chi connectivity index (χ2v) is 4.62. The summed E-state index contributed by atoms with van der Waals surface area (Å²) in [5.41, 5.74) is 1.58. The maximum atomic E-state index is 8.75. The average Bonchev–Trinajstić information content (AvgIpc) is 2.45. The van der Waals surface area contributed by atoms with Gasteiger partial charge in [-0.25, -0.2) is 4.98 Å². The highest BCUT2D eigenvalue weighted by Gasteiger charge is 2.12. The van der Waals surface area contributed by atoms with Gasteiger partial charge in [0.05, 0.1) is 6.10 Å². The van der Waals surface area contributed by atoms with E-state index in [-0.39, 0.29) is 0 Å². The molecule has 1 aliphatic heterocycles. The quantitative estimate of drug-likeness (QED) is 0.806. The van der Waals surface area contributed by atoms with E-state index in [0.717, 1.165) is 31.7 Å². The van der Waals surface area contributed by atoms with Gasteiger partial charge in [-0.15, -0.1) is 0 Å². The summed E-state index contributed by atoms with van der Waals surface area (Å²) < 4.78 is 5.67. The molecule has 1 saturated heterocycles. The van der Waals surface area contributed by atoms with Crippen LogP contribution in [0.1, 0.15) is 36.9 Å². The molecule has 18 heavy (non-hydrogen) atoms. The normalized spacial score (nSPS) is 19.4. The lowest BCUT2D eigenvalue weighted by atomic mass is 10.1. The van der Waals surface area contributed by atoms with Crippen molar-refractivity contribution >= 4 is 0 Å². The van der Waals surface area contributed by atoms with Crippen LogP contribution in [0.5, 0.6) is 0 Å². The Morgan fingerprint density at radius 1 is 1.50 bits per heavy atom. The van der Waals surface area contributed by atoms with Crippen LogP contribution in [0.2, 0.25) is 0 Å². The molecule has 4 nitrogen and oxygen atoms in total. The first kappa shape index (κ1) is 13.0. The summed E-state index contributed by atoms with van der Waals surface area (Å²) in [4.78, 5) is 3.95. The summed E-state index contributed by atoms with van der Waals surface area (Å²) in [5, 5.41) is 12.1. The smallest absolute Gasteiger partial charge is 0.140 e. The number of nitrogens with zero attached hydrogens (tertiary/aromatic N) is 2. The summed E-state index contributed by atoms with van der Waals surface area (Å²) in [5.74, 6) is 0. The number of pyridine rings is 1. The minimum absolute atomic E-state index is 0.429. The number of hydrogen-bond donors (Lipinski definition) is 1. The zero-order valence-corrected chi connectivity index (χ0v) is 10.6. The molecule has 1 N–H and O–H groups in total. The minimum atomic E-state index is 0.429. The first-order valence-corrected chi connectivity index (χ1v) is 6.56. The highest BCUT2D eigenvalue weighted by atomic mass is 16.5. The van der Waals surface area contributed by atoms with Crippen molar-refractivity contribution in [3.05, 3.63) is 29.6 Å². The van der Waals surface area contributed by atoms with Gasteiger partial charge in [0.25, 0.3) is 0 Å². The van der Waals surface area contributed by atoms with Crippen molar-refractivity contribution in [2.75, 3.05) is 13.2 Å². The van der Waals surface area contributed by atoms with Crippen LogP contribution in [0.4, 0.5) is 0 Å².